The highest BCUT2D eigenvalue weighted by Gasteiger charge is 2.38. The van der Waals surface area contributed by atoms with Gasteiger partial charge in [0.1, 0.15) is 17.6 Å². The first-order valence-electron chi connectivity index (χ1n) is 15.8. The third-order valence-electron chi connectivity index (χ3n) is 7.33. The van der Waals surface area contributed by atoms with Gasteiger partial charge >= 0.3 is 12.1 Å². The molecule has 51 heavy (non-hydrogen) atoms. The highest BCUT2D eigenvalue weighted by Crippen LogP contribution is 2.34. The van der Waals surface area contributed by atoms with Crippen LogP contribution in [0.25, 0.3) is 16.5 Å². The molecule has 15 heteroatoms. The van der Waals surface area contributed by atoms with Crippen LogP contribution in [0.15, 0.2) is 72.9 Å². The number of phenolic OH excluding ortho intramolecular Hbond substituents is 1. The number of carboxylic acids is 1. The summed E-state index contributed by atoms with van der Waals surface area (Å²) in [7, 11) is 0. The van der Waals surface area contributed by atoms with Crippen molar-refractivity contribution in [1.29, 1.82) is 0 Å². The molecule has 1 amide bonds. The molecule has 1 atom stereocenters. The van der Waals surface area contributed by atoms with E-state index >= 15 is 0 Å². The fourth-order valence-corrected chi connectivity index (χ4v) is 5.16. The molecule has 0 saturated carbocycles. The van der Waals surface area contributed by atoms with Crippen molar-refractivity contribution in [2.24, 2.45) is 0 Å². The third-order valence-corrected chi connectivity index (χ3v) is 7.33. The quantitative estimate of drug-likeness (QED) is 0.100. The van der Waals surface area contributed by atoms with Gasteiger partial charge in [-0.1, -0.05) is 6.07 Å². The first kappa shape index (κ1) is 37.8. The molecule has 0 aliphatic carbocycles. The van der Waals surface area contributed by atoms with Crippen molar-refractivity contribution in [2.75, 3.05) is 17.7 Å². The summed E-state index contributed by atoms with van der Waals surface area (Å²) in [5.41, 5.74) is 10.8. The average Bonchev–Trinajstić information content (AvgIpc) is 3.40. The number of aliphatic carboxylic acids is 1. The van der Waals surface area contributed by atoms with Crippen molar-refractivity contribution >= 4 is 34.2 Å². The van der Waals surface area contributed by atoms with Gasteiger partial charge in [0.15, 0.2) is 11.5 Å². The lowest BCUT2D eigenvalue weighted by Crippen LogP contribution is -2.33. The Balaban J connectivity index is 0.000000755. The van der Waals surface area contributed by atoms with E-state index in [1.54, 1.807) is 24.4 Å². The van der Waals surface area contributed by atoms with Crippen LogP contribution in [0, 0.1) is 13.8 Å². The first-order valence-corrected chi connectivity index (χ1v) is 15.8. The Morgan fingerprint density at radius 1 is 1.00 bits per heavy atom. The number of aryl methyl sites for hydroxylation is 2. The number of halogens is 3. The highest BCUT2D eigenvalue weighted by molar-refractivity contribution is 5.94. The summed E-state index contributed by atoms with van der Waals surface area (Å²) in [6, 6.07) is 19.3. The van der Waals surface area contributed by atoms with Crippen LogP contribution in [-0.4, -0.2) is 55.7 Å². The maximum atomic E-state index is 14.0. The van der Waals surface area contributed by atoms with Crippen molar-refractivity contribution in [3.05, 3.63) is 95.4 Å². The molecule has 0 aliphatic heterocycles. The summed E-state index contributed by atoms with van der Waals surface area (Å²) >= 11 is 0. The predicted molar refractivity (Wildman–Crippen MR) is 186 cm³/mol. The van der Waals surface area contributed by atoms with E-state index in [0.29, 0.717) is 35.1 Å². The van der Waals surface area contributed by atoms with Gasteiger partial charge in [-0.25, -0.2) is 14.5 Å². The van der Waals surface area contributed by atoms with Crippen molar-refractivity contribution < 1.29 is 42.4 Å². The first-order chi connectivity index (χ1) is 24.1. The van der Waals surface area contributed by atoms with Gasteiger partial charge in [0.05, 0.1) is 24.1 Å². The zero-order chi connectivity index (χ0) is 37.5. The van der Waals surface area contributed by atoms with Crippen LogP contribution in [0.3, 0.4) is 0 Å². The molecule has 0 fully saturated rings. The molecule has 12 nitrogen and oxygen atoms in total. The smallest absolute Gasteiger partial charge is 0.490 e. The van der Waals surface area contributed by atoms with E-state index in [0.717, 1.165) is 33.5 Å². The van der Waals surface area contributed by atoms with Crippen LogP contribution in [0.2, 0.25) is 0 Å². The lowest BCUT2D eigenvalue weighted by molar-refractivity contribution is -0.192. The zero-order valence-electron chi connectivity index (χ0n) is 28.6. The van der Waals surface area contributed by atoms with E-state index in [1.165, 1.54) is 0 Å². The molecule has 1 unspecified atom stereocenters. The molecule has 0 spiro atoms. The Bertz CT molecular complexity index is 2010. The number of pyridine rings is 1. The molecule has 3 aromatic carbocycles. The van der Waals surface area contributed by atoms with E-state index in [2.05, 4.69) is 20.7 Å². The molecule has 270 valence electrons. The van der Waals surface area contributed by atoms with E-state index in [9.17, 15) is 23.1 Å². The van der Waals surface area contributed by atoms with Gasteiger partial charge in [0, 0.05) is 35.1 Å². The standard InChI is InChI=1S/C34H38N6O4.C2HF3O2/c1-6-43-31-18-24(7-12-30(31)44-20(2)3)32(38-26-8-10-28-23(16-26)13-14-36-33(28)35)34(42)37-19-25-17-27(41)9-11-29(25)40-22(5)15-21(4)39-40;3-2(4,5)1(6)7/h7-18,20,32,38,41H,6,19H2,1-5H3,(H2,35,36)(H,37,42);(H,6,7). The molecule has 0 radical (unpaired) electrons. The SMILES string of the molecule is CCOc1cc(C(Nc2ccc3c(N)nccc3c2)C(=O)NCc2cc(O)ccc2-n2nc(C)cc2C)ccc1OC(C)C.O=C(O)C(F)(F)F. The number of hydrogen-bond donors (Lipinski definition) is 5. The Morgan fingerprint density at radius 2 is 1.73 bits per heavy atom. The second kappa shape index (κ2) is 16.1. The van der Waals surface area contributed by atoms with Crippen LogP contribution < -0.4 is 25.8 Å². The highest BCUT2D eigenvalue weighted by atomic mass is 19.4. The Hall–Kier alpha value is -5.99. The number of anilines is 2. The summed E-state index contributed by atoms with van der Waals surface area (Å²) in [5, 5.41) is 30.2. The summed E-state index contributed by atoms with van der Waals surface area (Å²) < 4.78 is 45.4. The molecule has 5 rings (SSSR count). The number of aromatic nitrogens is 3. The van der Waals surface area contributed by atoms with Crippen LogP contribution in [0.5, 0.6) is 17.2 Å². The van der Waals surface area contributed by atoms with Crippen molar-refractivity contribution in [3.8, 4) is 22.9 Å². The van der Waals surface area contributed by atoms with Gasteiger partial charge in [-0.2, -0.15) is 18.3 Å². The number of amides is 1. The minimum Gasteiger partial charge on any atom is -0.508 e. The number of nitrogens with zero attached hydrogens (tertiary/aromatic N) is 3. The predicted octanol–water partition coefficient (Wildman–Crippen LogP) is 6.61. The average molecular weight is 709 g/mol. The number of benzene rings is 3. The molecular formula is C36H39F3N6O6. The number of phenols is 1. The molecule has 2 heterocycles. The summed E-state index contributed by atoms with van der Waals surface area (Å²) in [6.45, 7) is 10.3. The van der Waals surface area contributed by atoms with E-state index < -0.39 is 18.2 Å². The largest absolute Gasteiger partial charge is 0.508 e. The van der Waals surface area contributed by atoms with Crippen molar-refractivity contribution in [3.63, 3.8) is 0 Å². The number of nitrogens with two attached hydrogens (primary N) is 1. The molecule has 0 bridgehead atoms. The molecule has 5 aromatic rings. The number of aromatic hydroxyl groups is 1. The number of nitrogens with one attached hydrogen (secondary N) is 2. The Kier molecular flexibility index (Phi) is 12.0. The number of alkyl halides is 3. The third kappa shape index (κ3) is 9.80. The van der Waals surface area contributed by atoms with E-state index in [4.69, 9.17) is 25.1 Å². The summed E-state index contributed by atoms with van der Waals surface area (Å²) in [4.78, 5) is 27.1. The maximum Gasteiger partial charge on any atom is 0.490 e. The second-order valence-corrected chi connectivity index (χ2v) is 11.7. The minimum atomic E-state index is -5.08. The molecule has 6 N–H and O–H groups in total. The van der Waals surface area contributed by atoms with Crippen LogP contribution >= 0.6 is 0 Å². The lowest BCUT2D eigenvalue weighted by atomic mass is 10.0. The fourth-order valence-electron chi connectivity index (χ4n) is 5.16. The van der Waals surface area contributed by atoms with Crippen molar-refractivity contribution in [1.82, 2.24) is 20.1 Å². The van der Waals surface area contributed by atoms with Gasteiger partial charge in [-0.3, -0.25) is 4.79 Å². The molecule has 2 aromatic heterocycles. The summed E-state index contributed by atoms with van der Waals surface area (Å²) in [6.07, 6.45) is -3.47. The number of fused-ring (bicyclic) bond motifs is 1. The van der Waals surface area contributed by atoms with Gasteiger partial charge in [-0.15, -0.1) is 0 Å². The van der Waals surface area contributed by atoms with Gasteiger partial charge in [0.2, 0.25) is 5.91 Å². The van der Waals surface area contributed by atoms with Crippen LogP contribution in [0.4, 0.5) is 24.7 Å². The summed E-state index contributed by atoms with van der Waals surface area (Å²) in [5.74, 6) is -1.34. The van der Waals surface area contributed by atoms with Crippen LogP contribution in [0.1, 0.15) is 49.3 Å². The van der Waals surface area contributed by atoms with Gasteiger partial charge in [0.25, 0.3) is 0 Å². The number of carbonyl (C=O) groups excluding carboxylic acids is 1. The van der Waals surface area contributed by atoms with Crippen molar-refractivity contribution in [2.45, 2.75) is 59.5 Å². The maximum absolute atomic E-state index is 14.0. The van der Waals surface area contributed by atoms with Gasteiger partial charge < -0.3 is 36.1 Å². The molecule has 0 aliphatic rings. The number of carbonyl (C=O) groups is 2. The van der Waals surface area contributed by atoms with E-state index in [-0.39, 0.29) is 24.3 Å². The second-order valence-electron chi connectivity index (χ2n) is 11.7. The Labute approximate surface area is 292 Å². The molecular weight excluding hydrogens is 669 g/mol. The zero-order valence-corrected chi connectivity index (χ0v) is 28.6. The molecule has 0 saturated heterocycles. The topological polar surface area (TPSA) is 174 Å². The number of nitrogen functional groups attached to an aromatic ring is 1. The lowest BCUT2D eigenvalue weighted by Gasteiger charge is -2.23. The van der Waals surface area contributed by atoms with Crippen LogP contribution in [-0.2, 0) is 16.1 Å². The number of rotatable bonds is 11. The van der Waals surface area contributed by atoms with E-state index in [1.807, 2.05) is 87.8 Å². The number of hydrogen-bond acceptors (Lipinski definition) is 9. The van der Waals surface area contributed by atoms with Gasteiger partial charge in [-0.05, 0) is 106 Å². The number of carboxylic acid groups (broad SMARTS) is 1. The fraction of sp³-hybridized carbons (Fsp3) is 0.278. The Morgan fingerprint density at radius 3 is 2.35 bits per heavy atom. The monoisotopic (exact) mass is 708 g/mol. The minimum absolute atomic E-state index is 0.0458. The number of ether oxygens (including phenoxy) is 2. The normalized spacial score (nSPS) is 11.8.